The first-order valence-corrected chi connectivity index (χ1v) is 5.08. The maximum atomic E-state index is 10.7. The largest absolute Gasteiger partial charge is 0.497 e. The van der Waals surface area contributed by atoms with Crippen LogP contribution in [0.4, 0.5) is 0 Å². The van der Waals surface area contributed by atoms with Crippen molar-refractivity contribution >= 4 is 12.3 Å². The number of aliphatic carboxylic acids is 1. The molecule has 1 N–H and O–H groups in total. The van der Waals surface area contributed by atoms with Gasteiger partial charge in [0.05, 0.1) is 13.7 Å². The Bertz CT molecular complexity index is 371. The van der Waals surface area contributed by atoms with Crippen molar-refractivity contribution in [2.45, 2.75) is 19.1 Å². The number of aldehydes is 1. The summed E-state index contributed by atoms with van der Waals surface area (Å²) in [5, 5.41) is 8.76. The molecule has 0 heterocycles. The van der Waals surface area contributed by atoms with Crippen LogP contribution in [0.2, 0.25) is 0 Å². The monoisotopic (exact) mass is 238 g/mol. The van der Waals surface area contributed by atoms with Crippen molar-refractivity contribution in [3.05, 3.63) is 29.8 Å². The normalized spacial score (nSPS) is 11.8. The summed E-state index contributed by atoms with van der Waals surface area (Å²) in [6, 6.07) is 7.07. The smallest absolute Gasteiger partial charge is 0.333 e. The summed E-state index contributed by atoms with van der Waals surface area (Å²) in [5.41, 5.74) is 0.822. The van der Waals surface area contributed by atoms with Crippen molar-refractivity contribution < 1.29 is 24.2 Å². The van der Waals surface area contributed by atoms with Crippen LogP contribution in [0.5, 0.6) is 5.75 Å². The lowest BCUT2D eigenvalue weighted by atomic mass is 10.2. The zero-order valence-corrected chi connectivity index (χ0v) is 9.46. The van der Waals surface area contributed by atoms with Crippen molar-refractivity contribution in [3.63, 3.8) is 0 Å². The Morgan fingerprint density at radius 3 is 2.53 bits per heavy atom. The molecule has 1 rings (SSSR count). The number of hydrogen-bond acceptors (Lipinski definition) is 4. The summed E-state index contributed by atoms with van der Waals surface area (Å²) in [5.74, 6) is -0.415. The Labute approximate surface area is 99.0 Å². The number of methoxy groups -OCH3 is 1. The van der Waals surface area contributed by atoms with Crippen LogP contribution in [0.25, 0.3) is 0 Å². The molecule has 92 valence electrons. The zero-order chi connectivity index (χ0) is 12.7. The molecular formula is C12H14O5. The number of carbonyl (C=O) groups excluding carboxylic acids is 1. The van der Waals surface area contributed by atoms with Gasteiger partial charge in [-0.2, -0.15) is 0 Å². The maximum absolute atomic E-state index is 10.7. The van der Waals surface area contributed by atoms with Crippen LogP contribution >= 0.6 is 0 Å². The third-order valence-corrected chi connectivity index (χ3v) is 2.20. The Hall–Kier alpha value is -1.88. The van der Waals surface area contributed by atoms with E-state index >= 15 is 0 Å². The minimum Gasteiger partial charge on any atom is -0.497 e. The molecule has 17 heavy (non-hydrogen) atoms. The quantitative estimate of drug-likeness (QED) is 0.724. The van der Waals surface area contributed by atoms with Gasteiger partial charge in [0.25, 0.3) is 0 Å². The van der Waals surface area contributed by atoms with E-state index in [1.165, 1.54) is 0 Å². The fraction of sp³-hybridized carbons (Fsp3) is 0.333. The van der Waals surface area contributed by atoms with E-state index < -0.39 is 12.1 Å². The molecule has 0 saturated heterocycles. The van der Waals surface area contributed by atoms with E-state index in [1.807, 2.05) is 0 Å². The number of rotatable bonds is 7. The van der Waals surface area contributed by atoms with Gasteiger partial charge in [-0.05, 0) is 17.7 Å². The molecule has 0 bridgehead atoms. The molecule has 1 aromatic carbocycles. The number of carbonyl (C=O) groups is 2. The number of carboxylic acids is 1. The molecule has 0 aliphatic rings. The van der Waals surface area contributed by atoms with Crippen LogP contribution in [0.15, 0.2) is 24.3 Å². The van der Waals surface area contributed by atoms with Gasteiger partial charge in [-0.25, -0.2) is 4.79 Å². The third-order valence-electron chi connectivity index (χ3n) is 2.20. The van der Waals surface area contributed by atoms with E-state index in [-0.39, 0.29) is 13.0 Å². The van der Waals surface area contributed by atoms with E-state index in [2.05, 4.69) is 0 Å². The number of hydrogen-bond donors (Lipinski definition) is 1. The summed E-state index contributed by atoms with van der Waals surface area (Å²) in [4.78, 5) is 21.0. The highest BCUT2D eigenvalue weighted by Gasteiger charge is 2.17. The van der Waals surface area contributed by atoms with Gasteiger partial charge in [0, 0.05) is 6.42 Å². The lowest BCUT2D eigenvalue weighted by Gasteiger charge is -2.11. The summed E-state index contributed by atoms with van der Waals surface area (Å²) in [7, 11) is 1.57. The van der Waals surface area contributed by atoms with Gasteiger partial charge in [-0.15, -0.1) is 0 Å². The molecule has 0 spiro atoms. The van der Waals surface area contributed by atoms with Gasteiger partial charge in [0.15, 0.2) is 6.10 Å². The van der Waals surface area contributed by atoms with Gasteiger partial charge in [-0.1, -0.05) is 12.1 Å². The molecule has 0 saturated carbocycles. The van der Waals surface area contributed by atoms with E-state index in [1.54, 1.807) is 31.4 Å². The van der Waals surface area contributed by atoms with Crippen LogP contribution < -0.4 is 4.74 Å². The van der Waals surface area contributed by atoms with E-state index in [4.69, 9.17) is 14.6 Å². The van der Waals surface area contributed by atoms with Crippen molar-refractivity contribution in [1.29, 1.82) is 0 Å². The van der Waals surface area contributed by atoms with Gasteiger partial charge < -0.3 is 19.4 Å². The molecular weight excluding hydrogens is 224 g/mol. The molecule has 1 unspecified atom stereocenters. The summed E-state index contributed by atoms with van der Waals surface area (Å²) in [6.45, 7) is 0.148. The second kappa shape index (κ2) is 6.65. The fourth-order valence-corrected chi connectivity index (χ4v) is 1.25. The first kappa shape index (κ1) is 13.2. The highest BCUT2D eigenvalue weighted by molar-refractivity contribution is 5.75. The van der Waals surface area contributed by atoms with Crippen molar-refractivity contribution in [1.82, 2.24) is 0 Å². The second-order valence-electron chi connectivity index (χ2n) is 3.39. The minimum absolute atomic E-state index is 0.147. The Morgan fingerprint density at radius 1 is 1.41 bits per heavy atom. The van der Waals surface area contributed by atoms with Crippen LogP contribution in [0.3, 0.4) is 0 Å². The van der Waals surface area contributed by atoms with Gasteiger partial charge in [0.1, 0.15) is 12.0 Å². The van der Waals surface area contributed by atoms with Crippen LogP contribution in [0.1, 0.15) is 12.0 Å². The zero-order valence-electron chi connectivity index (χ0n) is 9.46. The molecule has 5 nitrogen and oxygen atoms in total. The van der Waals surface area contributed by atoms with Gasteiger partial charge >= 0.3 is 5.97 Å². The molecule has 0 aliphatic carbocycles. The lowest BCUT2D eigenvalue weighted by Crippen LogP contribution is -2.24. The predicted molar refractivity (Wildman–Crippen MR) is 59.9 cm³/mol. The van der Waals surface area contributed by atoms with Gasteiger partial charge in [-0.3, -0.25) is 0 Å². The van der Waals surface area contributed by atoms with E-state index in [0.29, 0.717) is 6.29 Å². The van der Waals surface area contributed by atoms with Crippen molar-refractivity contribution in [3.8, 4) is 5.75 Å². The number of benzene rings is 1. The summed E-state index contributed by atoms with van der Waals surface area (Å²) < 4.78 is 10.1. The van der Waals surface area contributed by atoms with Crippen LogP contribution in [-0.4, -0.2) is 30.6 Å². The molecule has 0 radical (unpaired) electrons. The average Bonchev–Trinajstić information content (AvgIpc) is 2.34. The minimum atomic E-state index is -1.13. The summed E-state index contributed by atoms with van der Waals surface area (Å²) >= 11 is 0. The maximum Gasteiger partial charge on any atom is 0.333 e. The molecule has 0 aromatic heterocycles. The fourth-order valence-electron chi connectivity index (χ4n) is 1.25. The highest BCUT2D eigenvalue weighted by Crippen LogP contribution is 2.13. The SMILES string of the molecule is COc1ccc(COC(CC=O)C(=O)O)cc1. The molecule has 0 amide bonds. The molecule has 0 aliphatic heterocycles. The predicted octanol–water partition coefficient (Wildman–Crippen LogP) is 1.25. The Morgan fingerprint density at radius 2 is 2.06 bits per heavy atom. The Balaban J connectivity index is 2.52. The first-order valence-electron chi connectivity index (χ1n) is 5.08. The second-order valence-corrected chi connectivity index (χ2v) is 3.39. The average molecular weight is 238 g/mol. The molecule has 5 heteroatoms. The first-order chi connectivity index (χ1) is 8.17. The number of ether oxygens (including phenoxy) is 2. The molecule has 1 atom stereocenters. The Kier molecular flexibility index (Phi) is 5.16. The van der Waals surface area contributed by atoms with E-state index in [9.17, 15) is 9.59 Å². The van der Waals surface area contributed by atoms with Crippen molar-refractivity contribution in [2.75, 3.05) is 7.11 Å². The topological polar surface area (TPSA) is 72.8 Å². The van der Waals surface area contributed by atoms with Crippen LogP contribution in [0, 0.1) is 0 Å². The van der Waals surface area contributed by atoms with Gasteiger partial charge in [0.2, 0.25) is 0 Å². The van der Waals surface area contributed by atoms with Crippen LogP contribution in [-0.2, 0) is 20.9 Å². The number of carboxylic acid groups (broad SMARTS) is 1. The summed E-state index contributed by atoms with van der Waals surface area (Å²) in [6.07, 6.45) is -0.701. The lowest BCUT2D eigenvalue weighted by molar-refractivity contribution is -0.152. The van der Waals surface area contributed by atoms with Crippen molar-refractivity contribution in [2.24, 2.45) is 0 Å². The van der Waals surface area contributed by atoms with E-state index in [0.717, 1.165) is 11.3 Å². The standard InChI is InChI=1S/C12H14O5/c1-16-10-4-2-9(3-5-10)8-17-11(6-7-13)12(14)15/h2-5,7,11H,6,8H2,1H3,(H,14,15). The molecule has 1 aromatic rings. The third kappa shape index (κ3) is 4.24. The molecule has 0 fully saturated rings. The highest BCUT2D eigenvalue weighted by atomic mass is 16.5.